The molecule has 1 N–H and O–H groups in total. The van der Waals surface area contributed by atoms with Crippen molar-refractivity contribution in [2.75, 3.05) is 19.0 Å². The summed E-state index contributed by atoms with van der Waals surface area (Å²) in [6.45, 7) is 6.71. The van der Waals surface area contributed by atoms with Gasteiger partial charge in [0.05, 0.1) is 11.6 Å². The smallest absolute Gasteiger partial charge is 0.175 e. The van der Waals surface area contributed by atoms with Gasteiger partial charge in [-0.15, -0.1) is 0 Å². The van der Waals surface area contributed by atoms with Gasteiger partial charge in [0.25, 0.3) is 0 Å². The van der Waals surface area contributed by atoms with Gasteiger partial charge in [-0.1, -0.05) is 30.3 Å². The summed E-state index contributed by atoms with van der Waals surface area (Å²) in [4.78, 5) is 0. The van der Waals surface area contributed by atoms with Crippen molar-refractivity contribution in [1.29, 1.82) is 0 Å². The van der Waals surface area contributed by atoms with Crippen LogP contribution in [0.15, 0.2) is 47.5 Å². The summed E-state index contributed by atoms with van der Waals surface area (Å²) < 4.78 is 11.9. The van der Waals surface area contributed by atoms with E-state index in [0.29, 0.717) is 24.7 Å². The number of rotatable bonds is 7. The van der Waals surface area contributed by atoms with Crippen molar-refractivity contribution in [2.45, 2.75) is 13.5 Å². The lowest BCUT2D eigenvalue weighted by Crippen LogP contribution is -2.02. The van der Waals surface area contributed by atoms with Gasteiger partial charge in [-0.05, 0) is 58.2 Å². The van der Waals surface area contributed by atoms with E-state index in [4.69, 9.17) is 21.1 Å². The van der Waals surface area contributed by atoms with Crippen LogP contribution in [0.1, 0.15) is 11.1 Å². The molecule has 0 atom stereocenters. The fraction of sp³-hybridized carbons (Fsp3) is 0.222. The minimum atomic E-state index is 0.425. The zero-order valence-electron chi connectivity index (χ0n) is 13.2. The SMILES string of the molecule is C=CCOc1c(Br)cc(CNc2ccc(C)c(Cl)c2)cc1OC. The Morgan fingerprint density at radius 3 is 2.74 bits per heavy atom. The molecule has 0 fully saturated rings. The largest absolute Gasteiger partial charge is 0.493 e. The second-order valence-corrected chi connectivity index (χ2v) is 6.29. The van der Waals surface area contributed by atoms with E-state index >= 15 is 0 Å². The van der Waals surface area contributed by atoms with Crippen molar-refractivity contribution in [3.63, 3.8) is 0 Å². The monoisotopic (exact) mass is 395 g/mol. The van der Waals surface area contributed by atoms with Gasteiger partial charge in [-0.25, -0.2) is 0 Å². The first-order valence-corrected chi connectivity index (χ1v) is 8.32. The fourth-order valence-corrected chi connectivity index (χ4v) is 2.85. The van der Waals surface area contributed by atoms with E-state index in [2.05, 4.69) is 27.8 Å². The van der Waals surface area contributed by atoms with Crippen LogP contribution < -0.4 is 14.8 Å². The molecule has 0 radical (unpaired) electrons. The molecular weight excluding hydrogens is 378 g/mol. The Kier molecular flexibility index (Phi) is 6.37. The van der Waals surface area contributed by atoms with E-state index in [0.717, 1.165) is 26.3 Å². The first-order chi connectivity index (χ1) is 11.0. The maximum Gasteiger partial charge on any atom is 0.175 e. The third-order valence-electron chi connectivity index (χ3n) is 3.30. The first-order valence-electron chi connectivity index (χ1n) is 7.15. The zero-order chi connectivity index (χ0) is 16.8. The molecule has 0 aliphatic carbocycles. The summed E-state index contributed by atoms with van der Waals surface area (Å²) in [6.07, 6.45) is 1.70. The van der Waals surface area contributed by atoms with Crippen molar-refractivity contribution >= 4 is 33.2 Å². The lowest BCUT2D eigenvalue weighted by atomic mass is 10.2. The highest BCUT2D eigenvalue weighted by Crippen LogP contribution is 2.37. The summed E-state index contributed by atoms with van der Waals surface area (Å²) in [5, 5.41) is 4.10. The van der Waals surface area contributed by atoms with Crippen LogP contribution in [0.2, 0.25) is 5.02 Å². The van der Waals surface area contributed by atoms with Crippen molar-refractivity contribution in [3.05, 3.63) is 63.6 Å². The molecule has 0 aromatic heterocycles. The Bertz CT molecular complexity index is 704. The highest BCUT2D eigenvalue weighted by atomic mass is 79.9. The maximum absolute atomic E-state index is 6.15. The van der Waals surface area contributed by atoms with Crippen LogP contribution in [0, 0.1) is 6.92 Å². The molecule has 2 rings (SSSR count). The van der Waals surface area contributed by atoms with E-state index in [1.807, 2.05) is 37.3 Å². The van der Waals surface area contributed by atoms with E-state index in [9.17, 15) is 0 Å². The molecule has 0 heterocycles. The Morgan fingerprint density at radius 2 is 2.09 bits per heavy atom. The molecule has 2 aromatic rings. The van der Waals surface area contributed by atoms with Crippen molar-refractivity contribution in [2.24, 2.45) is 0 Å². The normalized spacial score (nSPS) is 10.3. The third kappa shape index (κ3) is 4.66. The first kappa shape index (κ1) is 17.7. The van der Waals surface area contributed by atoms with Crippen LogP contribution >= 0.6 is 27.5 Å². The van der Waals surface area contributed by atoms with E-state index in [1.54, 1.807) is 13.2 Å². The number of benzene rings is 2. The van der Waals surface area contributed by atoms with Crippen molar-refractivity contribution in [1.82, 2.24) is 0 Å². The topological polar surface area (TPSA) is 30.5 Å². The summed E-state index contributed by atoms with van der Waals surface area (Å²) in [7, 11) is 1.62. The molecule has 0 spiro atoms. The molecule has 0 aliphatic rings. The number of hydrogen-bond donors (Lipinski definition) is 1. The average Bonchev–Trinajstić information content (AvgIpc) is 2.54. The molecule has 23 heavy (non-hydrogen) atoms. The molecule has 0 unspecified atom stereocenters. The fourth-order valence-electron chi connectivity index (χ4n) is 2.06. The van der Waals surface area contributed by atoms with Gasteiger partial charge in [0, 0.05) is 17.3 Å². The quantitative estimate of drug-likeness (QED) is 0.618. The van der Waals surface area contributed by atoms with Crippen LogP contribution in [0.5, 0.6) is 11.5 Å². The Morgan fingerprint density at radius 1 is 1.30 bits per heavy atom. The molecule has 0 saturated carbocycles. The number of ether oxygens (including phenoxy) is 2. The Hall–Kier alpha value is -1.65. The van der Waals surface area contributed by atoms with Gasteiger partial charge >= 0.3 is 0 Å². The van der Waals surface area contributed by atoms with Gasteiger partial charge in [0.15, 0.2) is 11.5 Å². The maximum atomic E-state index is 6.15. The molecule has 0 saturated heterocycles. The third-order valence-corrected chi connectivity index (χ3v) is 4.30. The summed E-state index contributed by atoms with van der Waals surface area (Å²) in [6, 6.07) is 9.88. The van der Waals surface area contributed by atoms with Crippen LogP contribution in [0.25, 0.3) is 0 Å². The lowest BCUT2D eigenvalue weighted by molar-refractivity contribution is 0.324. The minimum absolute atomic E-state index is 0.425. The predicted octanol–water partition coefficient (Wildman–Crippen LogP) is 5.60. The standard InChI is InChI=1S/C18H19BrClNO2/c1-4-7-23-18-15(19)8-13(9-17(18)22-3)11-21-14-6-5-12(2)16(20)10-14/h4-6,8-10,21H,1,7,11H2,2-3H3. The highest BCUT2D eigenvalue weighted by molar-refractivity contribution is 9.10. The number of halogens is 2. The molecule has 2 aromatic carbocycles. The second kappa shape index (κ2) is 8.27. The van der Waals surface area contributed by atoms with Gasteiger partial charge in [0.1, 0.15) is 6.61 Å². The van der Waals surface area contributed by atoms with E-state index in [-0.39, 0.29) is 0 Å². The van der Waals surface area contributed by atoms with Gasteiger partial charge in [-0.2, -0.15) is 0 Å². The van der Waals surface area contributed by atoms with E-state index < -0.39 is 0 Å². The molecule has 5 heteroatoms. The molecule has 0 amide bonds. The second-order valence-electron chi connectivity index (χ2n) is 5.03. The van der Waals surface area contributed by atoms with Crippen LogP contribution in [0.3, 0.4) is 0 Å². The van der Waals surface area contributed by atoms with Gasteiger partial charge in [0.2, 0.25) is 0 Å². The molecule has 3 nitrogen and oxygen atoms in total. The summed E-state index contributed by atoms with van der Waals surface area (Å²) in [5.41, 5.74) is 3.10. The Labute approximate surface area is 150 Å². The highest BCUT2D eigenvalue weighted by Gasteiger charge is 2.11. The van der Waals surface area contributed by atoms with Crippen molar-refractivity contribution < 1.29 is 9.47 Å². The molecular formula is C18H19BrClNO2. The van der Waals surface area contributed by atoms with Crippen LogP contribution in [0.4, 0.5) is 5.69 Å². The number of nitrogens with one attached hydrogen (secondary N) is 1. The summed E-state index contributed by atoms with van der Waals surface area (Å²) in [5.74, 6) is 1.36. The predicted molar refractivity (Wildman–Crippen MR) is 99.9 cm³/mol. The lowest BCUT2D eigenvalue weighted by Gasteiger charge is -2.14. The van der Waals surface area contributed by atoms with Gasteiger partial charge < -0.3 is 14.8 Å². The molecule has 0 bridgehead atoms. The van der Waals surface area contributed by atoms with Gasteiger partial charge in [-0.3, -0.25) is 0 Å². The number of hydrogen-bond acceptors (Lipinski definition) is 3. The number of anilines is 1. The van der Waals surface area contributed by atoms with Crippen LogP contribution in [-0.4, -0.2) is 13.7 Å². The number of methoxy groups -OCH3 is 1. The number of aryl methyl sites for hydroxylation is 1. The average molecular weight is 397 g/mol. The Balaban J connectivity index is 2.15. The van der Waals surface area contributed by atoms with E-state index in [1.165, 1.54) is 0 Å². The minimum Gasteiger partial charge on any atom is -0.493 e. The van der Waals surface area contributed by atoms with Crippen molar-refractivity contribution in [3.8, 4) is 11.5 Å². The van der Waals surface area contributed by atoms with Crippen LogP contribution in [-0.2, 0) is 6.54 Å². The summed E-state index contributed by atoms with van der Waals surface area (Å²) >= 11 is 9.67. The zero-order valence-corrected chi connectivity index (χ0v) is 15.5. The molecule has 0 aliphatic heterocycles. The molecule has 122 valence electrons.